The molecule has 0 fully saturated rings. The Hall–Kier alpha value is -2.81. The average Bonchev–Trinajstić information content (AvgIpc) is 3.06. The molecule has 1 N–H and O–H groups in total. The number of rotatable bonds is 5. The van der Waals surface area contributed by atoms with Gasteiger partial charge in [0, 0.05) is 6.07 Å². The lowest BCUT2D eigenvalue weighted by molar-refractivity contribution is -0.115. The largest absolute Gasteiger partial charge is 0.411 e. The molecule has 3 rings (SSSR count). The van der Waals surface area contributed by atoms with Gasteiger partial charge in [-0.1, -0.05) is 23.9 Å². The van der Waals surface area contributed by atoms with Crippen LogP contribution in [0.15, 0.2) is 52.1 Å². The molecule has 134 valence electrons. The van der Waals surface area contributed by atoms with E-state index < -0.39 is 28.6 Å². The van der Waals surface area contributed by atoms with Crippen LogP contribution in [0.25, 0.3) is 11.5 Å². The van der Waals surface area contributed by atoms with Gasteiger partial charge in [-0.3, -0.25) is 4.79 Å². The van der Waals surface area contributed by atoms with E-state index >= 15 is 0 Å². The summed E-state index contributed by atoms with van der Waals surface area (Å²) in [6.07, 6.45) is 0. The van der Waals surface area contributed by atoms with Gasteiger partial charge in [0.15, 0.2) is 0 Å². The number of halogens is 3. The number of carbonyl (C=O) groups excluding carboxylic acids is 1. The Morgan fingerprint density at radius 2 is 1.88 bits per heavy atom. The van der Waals surface area contributed by atoms with Crippen LogP contribution in [0.2, 0.25) is 0 Å². The van der Waals surface area contributed by atoms with Crippen molar-refractivity contribution < 1.29 is 22.4 Å². The van der Waals surface area contributed by atoms with Gasteiger partial charge < -0.3 is 9.73 Å². The summed E-state index contributed by atoms with van der Waals surface area (Å²) in [6, 6.07) is 8.75. The first kappa shape index (κ1) is 18.0. The van der Waals surface area contributed by atoms with Gasteiger partial charge in [0.25, 0.3) is 11.1 Å². The molecule has 9 heteroatoms. The minimum atomic E-state index is -0.879. The van der Waals surface area contributed by atoms with Crippen LogP contribution in [-0.4, -0.2) is 21.4 Å². The van der Waals surface area contributed by atoms with Gasteiger partial charge in [-0.25, -0.2) is 13.2 Å². The number of hydrogen-bond acceptors (Lipinski definition) is 5. The van der Waals surface area contributed by atoms with Crippen molar-refractivity contribution in [3.63, 3.8) is 0 Å². The molecular formula is C17H12F3N3O2S. The van der Waals surface area contributed by atoms with Crippen LogP contribution in [0.5, 0.6) is 0 Å². The maximum atomic E-state index is 13.7. The minimum absolute atomic E-state index is 0.0113. The molecule has 2 aromatic carbocycles. The quantitative estimate of drug-likeness (QED) is 0.671. The van der Waals surface area contributed by atoms with Crippen LogP contribution >= 0.6 is 11.8 Å². The van der Waals surface area contributed by atoms with Gasteiger partial charge in [-0.15, -0.1) is 10.2 Å². The molecule has 1 amide bonds. The maximum absolute atomic E-state index is 13.7. The van der Waals surface area contributed by atoms with E-state index in [0.29, 0.717) is 6.07 Å². The van der Waals surface area contributed by atoms with Crippen LogP contribution in [0.3, 0.4) is 0 Å². The normalized spacial score (nSPS) is 12.0. The second kappa shape index (κ2) is 7.61. The molecule has 0 aliphatic carbocycles. The van der Waals surface area contributed by atoms with Crippen molar-refractivity contribution in [2.24, 2.45) is 0 Å². The molecule has 0 bridgehead atoms. The molecule has 0 saturated carbocycles. The second-order valence-electron chi connectivity index (χ2n) is 5.23. The Bertz CT molecular complexity index is 949. The van der Waals surface area contributed by atoms with Gasteiger partial charge in [-0.05, 0) is 31.2 Å². The van der Waals surface area contributed by atoms with E-state index in [2.05, 4.69) is 15.5 Å². The van der Waals surface area contributed by atoms with Crippen LogP contribution < -0.4 is 5.32 Å². The summed E-state index contributed by atoms with van der Waals surface area (Å²) in [5, 5.41) is 9.22. The summed E-state index contributed by atoms with van der Waals surface area (Å²) >= 11 is 0.930. The number of amides is 1. The Morgan fingerprint density at radius 1 is 1.12 bits per heavy atom. The zero-order valence-corrected chi connectivity index (χ0v) is 14.2. The van der Waals surface area contributed by atoms with Crippen molar-refractivity contribution in [1.82, 2.24) is 10.2 Å². The van der Waals surface area contributed by atoms with E-state index in [0.717, 1.165) is 23.9 Å². The number of nitrogens with zero attached hydrogens (tertiary/aromatic N) is 2. The van der Waals surface area contributed by atoms with Crippen LogP contribution in [-0.2, 0) is 4.79 Å². The highest BCUT2D eigenvalue weighted by Crippen LogP contribution is 2.28. The third-order valence-electron chi connectivity index (χ3n) is 3.35. The smallest absolute Gasteiger partial charge is 0.277 e. The van der Waals surface area contributed by atoms with E-state index in [1.54, 1.807) is 13.0 Å². The number of nitrogens with one attached hydrogen (secondary N) is 1. The summed E-state index contributed by atoms with van der Waals surface area (Å²) in [7, 11) is 0. The first-order valence-corrected chi connectivity index (χ1v) is 8.33. The molecular weight excluding hydrogens is 367 g/mol. The van der Waals surface area contributed by atoms with Crippen molar-refractivity contribution in [3.8, 4) is 11.5 Å². The van der Waals surface area contributed by atoms with Gasteiger partial charge >= 0.3 is 0 Å². The lowest BCUT2D eigenvalue weighted by Crippen LogP contribution is -2.23. The SMILES string of the molecule is C[C@@H](Sc1nnc(-c2ccccc2F)o1)C(=O)Nc1ccc(F)cc1F. The van der Waals surface area contributed by atoms with Crippen molar-refractivity contribution >= 4 is 23.4 Å². The fourth-order valence-electron chi connectivity index (χ4n) is 2.03. The summed E-state index contributed by atoms with van der Waals surface area (Å²) in [5.74, 6) is -2.68. The monoisotopic (exact) mass is 379 g/mol. The number of aromatic nitrogens is 2. The number of carbonyl (C=O) groups is 1. The Balaban J connectivity index is 1.67. The average molecular weight is 379 g/mol. The standard InChI is InChI=1S/C17H12F3N3O2S/c1-9(15(24)21-14-7-6-10(18)8-13(14)20)26-17-23-22-16(25-17)11-4-2-3-5-12(11)19/h2-9H,1H3,(H,21,24)/t9-/m1/s1. The second-order valence-corrected chi connectivity index (χ2v) is 6.52. The van der Waals surface area contributed by atoms with E-state index in [1.807, 2.05) is 0 Å². The third-order valence-corrected chi connectivity index (χ3v) is 4.28. The van der Waals surface area contributed by atoms with Gasteiger partial charge in [0.1, 0.15) is 17.5 Å². The number of benzene rings is 2. The topological polar surface area (TPSA) is 68.0 Å². The molecule has 0 aliphatic heterocycles. The van der Waals surface area contributed by atoms with E-state index in [4.69, 9.17) is 4.42 Å². The Kier molecular flexibility index (Phi) is 5.27. The molecule has 5 nitrogen and oxygen atoms in total. The lowest BCUT2D eigenvalue weighted by Gasteiger charge is -2.10. The molecule has 0 saturated heterocycles. The third kappa shape index (κ3) is 4.05. The highest BCUT2D eigenvalue weighted by atomic mass is 32.2. The van der Waals surface area contributed by atoms with Gasteiger partial charge in [-0.2, -0.15) is 0 Å². The predicted molar refractivity (Wildman–Crippen MR) is 90.0 cm³/mol. The Morgan fingerprint density at radius 3 is 2.62 bits per heavy atom. The van der Waals surface area contributed by atoms with Crippen molar-refractivity contribution in [2.45, 2.75) is 17.4 Å². The van der Waals surface area contributed by atoms with Gasteiger partial charge in [0.05, 0.1) is 16.5 Å². The number of anilines is 1. The number of thioether (sulfide) groups is 1. The van der Waals surface area contributed by atoms with Gasteiger partial charge in [0.2, 0.25) is 5.91 Å². The van der Waals surface area contributed by atoms with Crippen molar-refractivity contribution in [3.05, 3.63) is 59.9 Å². The zero-order chi connectivity index (χ0) is 18.7. The molecule has 26 heavy (non-hydrogen) atoms. The molecule has 0 aliphatic rings. The summed E-state index contributed by atoms with van der Waals surface area (Å²) < 4.78 is 45.6. The fourth-order valence-corrected chi connectivity index (χ4v) is 2.71. The summed E-state index contributed by atoms with van der Waals surface area (Å²) in [4.78, 5) is 12.1. The van der Waals surface area contributed by atoms with E-state index in [-0.39, 0.29) is 22.4 Å². The zero-order valence-electron chi connectivity index (χ0n) is 13.4. The van der Waals surface area contributed by atoms with E-state index in [9.17, 15) is 18.0 Å². The van der Waals surface area contributed by atoms with Crippen LogP contribution in [0, 0.1) is 17.5 Å². The van der Waals surface area contributed by atoms with Crippen LogP contribution in [0.4, 0.5) is 18.9 Å². The predicted octanol–water partition coefficient (Wildman–Crippen LogP) is 4.27. The summed E-state index contributed by atoms with van der Waals surface area (Å²) in [5.41, 5.74) is 0.0127. The first-order valence-electron chi connectivity index (χ1n) is 7.45. The molecule has 0 spiro atoms. The Labute approximate surface area is 150 Å². The maximum Gasteiger partial charge on any atom is 0.277 e. The highest BCUT2D eigenvalue weighted by Gasteiger charge is 2.20. The summed E-state index contributed by atoms with van der Waals surface area (Å²) in [6.45, 7) is 1.55. The molecule has 3 aromatic rings. The van der Waals surface area contributed by atoms with Crippen LogP contribution in [0.1, 0.15) is 6.92 Å². The molecule has 1 atom stereocenters. The molecule has 0 unspecified atom stereocenters. The highest BCUT2D eigenvalue weighted by molar-refractivity contribution is 8.00. The van der Waals surface area contributed by atoms with E-state index in [1.165, 1.54) is 18.2 Å². The minimum Gasteiger partial charge on any atom is -0.411 e. The molecule has 1 heterocycles. The molecule has 1 aromatic heterocycles. The van der Waals surface area contributed by atoms with Crippen molar-refractivity contribution in [1.29, 1.82) is 0 Å². The first-order chi connectivity index (χ1) is 12.4. The lowest BCUT2D eigenvalue weighted by atomic mass is 10.2. The molecule has 0 radical (unpaired) electrons. The van der Waals surface area contributed by atoms with Crippen molar-refractivity contribution in [2.75, 3.05) is 5.32 Å². The number of hydrogen-bond donors (Lipinski definition) is 1. The fraction of sp³-hybridized carbons (Fsp3) is 0.118.